The van der Waals surface area contributed by atoms with Crippen LogP contribution >= 0.6 is 38.6 Å². The third kappa shape index (κ3) is 2.93. The Balaban J connectivity index is 2.09. The van der Waals surface area contributed by atoms with Crippen LogP contribution in [0.15, 0.2) is 22.0 Å². The number of anilines is 1. The molecule has 0 spiro atoms. The molecule has 1 amide bonds. The highest BCUT2D eigenvalue weighted by molar-refractivity contribution is 9.10. The minimum Gasteiger partial charge on any atom is -0.398 e. The molecule has 0 aliphatic heterocycles. The van der Waals surface area contributed by atoms with Gasteiger partial charge in [0, 0.05) is 32.3 Å². The molecular formula is C12H13BrN2OS2. The van der Waals surface area contributed by atoms with Gasteiger partial charge in [-0.3, -0.25) is 4.79 Å². The van der Waals surface area contributed by atoms with Crippen LogP contribution in [0.1, 0.15) is 19.4 Å². The summed E-state index contributed by atoms with van der Waals surface area (Å²) in [6.07, 6.45) is 0. The van der Waals surface area contributed by atoms with Crippen LogP contribution in [0.2, 0.25) is 0 Å². The number of thiophene rings is 2. The lowest BCUT2D eigenvalue weighted by Crippen LogP contribution is -2.24. The highest BCUT2D eigenvalue weighted by Crippen LogP contribution is 2.26. The van der Waals surface area contributed by atoms with Crippen molar-refractivity contribution in [3.05, 3.63) is 36.6 Å². The van der Waals surface area contributed by atoms with E-state index in [1.807, 2.05) is 18.4 Å². The van der Waals surface area contributed by atoms with Gasteiger partial charge < -0.3 is 10.6 Å². The van der Waals surface area contributed by atoms with E-state index >= 15 is 0 Å². The van der Waals surface area contributed by atoms with Crippen molar-refractivity contribution in [2.45, 2.75) is 13.5 Å². The van der Waals surface area contributed by atoms with Gasteiger partial charge in [-0.2, -0.15) is 0 Å². The van der Waals surface area contributed by atoms with Crippen LogP contribution in [0.5, 0.6) is 0 Å². The van der Waals surface area contributed by atoms with Gasteiger partial charge in [0.25, 0.3) is 5.91 Å². The zero-order chi connectivity index (χ0) is 13.3. The maximum absolute atomic E-state index is 12.2. The molecule has 2 heterocycles. The van der Waals surface area contributed by atoms with Crippen molar-refractivity contribution < 1.29 is 4.79 Å². The Morgan fingerprint density at radius 3 is 2.72 bits per heavy atom. The molecule has 0 radical (unpaired) electrons. The topological polar surface area (TPSA) is 46.3 Å². The number of hydrogen-bond donors (Lipinski definition) is 1. The minimum absolute atomic E-state index is 0.0179. The zero-order valence-electron chi connectivity index (χ0n) is 10.1. The first kappa shape index (κ1) is 13.6. The van der Waals surface area contributed by atoms with Crippen LogP contribution in [0.3, 0.4) is 0 Å². The number of halogens is 1. The van der Waals surface area contributed by atoms with Crippen LogP contribution in [-0.2, 0) is 6.54 Å². The largest absolute Gasteiger partial charge is 0.398 e. The molecule has 18 heavy (non-hydrogen) atoms. The first-order chi connectivity index (χ1) is 8.47. The van der Waals surface area contributed by atoms with Crippen molar-refractivity contribution >= 4 is 50.2 Å². The lowest BCUT2D eigenvalue weighted by atomic mass is 10.3. The fourth-order valence-corrected chi connectivity index (χ4v) is 3.97. The van der Waals surface area contributed by atoms with Crippen molar-refractivity contribution in [1.82, 2.24) is 4.90 Å². The summed E-state index contributed by atoms with van der Waals surface area (Å²) in [5.74, 6) is 0.0179. The number of nitrogen functional groups attached to an aromatic ring is 1. The molecule has 0 atom stereocenters. The average Bonchev–Trinajstić information content (AvgIpc) is 2.85. The van der Waals surface area contributed by atoms with E-state index in [1.54, 1.807) is 29.4 Å². The SMILES string of the molecule is Cc1sc(C(=O)N(C)Cc2cc(Br)cs2)cc1N. The van der Waals surface area contributed by atoms with E-state index in [1.165, 1.54) is 11.3 Å². The Hall–Kier alpha value is -0.850. The van der Waals surface area contributed by atoms with Crippen LogP contribution in [-0.4, -0.2) is 17.9 Å². The fourth-order valence-electron chi connectivity index (χ4n) is 1.53. The molecule has 3 nitrogen and oxygen atoms in total. The molecule has 2 N–H and O–H groups in total. The Bertz CT molecular complexity index is 557. The van der Waals surface area contributed by atoms with Crippen LogP contribution in [0.25, 0.3) is 0 Å². The van der Waals surface area contributed by atoms with Gasteiger partial charge in [-0.1, -0.05) is 0 Å². The number of nitrogens with two attached hydrogens (primary N) is 1. The zero-order valence-corrected chi connectivity index (χ0v) is 13.3. The summed E-state index contributed by atoms with van der Waals surface area (Å²) in [6.45, 7) is 2.54. The van der Waals surface area contributed by atoms with Gasteiger partial charge in [0.15, 0.2) is 0 Å². The Morgan fingerprint density at radius 1 is 1.50 bits per heavy atom. The molecule has 0 aliphatic rings. The molecule has 2 rings (SSSR count). The van der Waals surface area contributed by atoms with Gasteiger partial charge in [0.1, 0.15) is 0 Å². The molecule has 0 fully saturated rings. The number of aryl methyl sites for hydroxylation is 1. The van der Waals surface area contributed by atoms with Gasteiger partial charge >= 0.3 is 0 Å². The van der Waals surface area contributed by atoms with Gasteiger partial charge in [0.05, 0.1) is 11.4 Å². The lowest BCUT2D eigenvalue weighted by molar-refractivity contribution is 0.0791. The van der Waals surface area contributed by atoms with E-state index in [9.17, 15) is 4.79 Å². The second-order valence-electron chi connectivity index (χ2n) is 4.01. The van der Waals surface area contributed by atoms with E-state index in [0.29, 0.717) is 17.1 Å². The van der Waals surface area contributed by atoms with E-state index in [0.717, 1.165) is 14.2 Å². The summed E-state index contributed by atoms with van der Waals surface area (Å²) < 4.78 is 1.06. The number of hydrogen-bond acceptors (Lipinski definition) is 4. The number of nitrogens with zero attached hydrogens (tertiary/aromatic N) is 1. The summed E-state index contributed by atoms with van der Waals surface area (Å²) in [5, 5.41) is 2.01. The maximum atomic E-state index is 12.2. The summed E-state index contributed by atoms with van der Waals surface area (Å²) in [4.78, 5) is 16.7. The van der Waals surface area contributed by atoms with E-state index < -0.39 is 0 Å². The fraction of sp³-hybridized carbons (Fsp3) is 0.250. The van der Waals surface area contributed by atoms with Gasteiger partial charge in [-0.15, -0.1) is 22.7 Å². The molecular weight excluding hydrogens is 332 g/mol. The number of amides is 1. The molecule has 0 saturated heterocycles. The molecule has 2 aromatic rings. The molecule has 96 valence electrons. The van der Waals surface area contributed by atoms with Crippen molar-refractivity contribution in [2.75, 3.05) is 12.8 Å². The second kappa shape index (κ2) is 5.42. The molecule has 6 heteroatoms. The quantitative estimate of drug-likeness (QED) is 0.921. The Kier molecular flexibility index (Phi) is 4.09. The van der Waals surface area contributed by atoms with E-state index in [4.69, 9.17) is 5.73 Å². The third-order valence-corrected chi connectivity index (χ3v) is 5.27. The van der Waals surface area contributed by atoms with Crippen molar-refractivity contribution in [1.29, 1.82) is 0 Å². The standard InChI is InChI=1S/C12H13BrN2OS2/c1-7-10(14)4-11(18-7)12(16)15(2)5-9-3-8(13)6-17-9/h3-4,6H,5,14H2,1-2H3. The number of carbonyl (C=O) groups excluding carboxylic acids is 1. The van der Waals surface area contributed by atoms with Crippen LogP contribution in [0, 0.1) is 6.92 Å². The normalized spacial score (nSPS) is 10.6. The van der Waals surface area contributed by atoms with Gasteiger partial charge in [-0.25, -0.2) is 0 Å². The van der Waals surface area contributed by atoms with Gasteiger partial charge in [0.2, 0.25) is 0 Å². The monoisotopic (exact) mass is 344 g/mol. The summed E-state index contributed by atoms with van der Waals surface area (Å²) in [7, 11) is 1.81. The molecule has 0 aliphatic carbocycles. The molecule has 0 saturated carbocycles. The van der Waals surface area contributed by atoms with Crippen LogP contribution < -0.4 is 5.73 Å². The summed E-state index contributed by atoms with van der Waals surface area (Å²) in [5.41, 5.74) is 6.46. The highest BCUT2D eigenvalue weighted by atomic mass is 79.9. The smallest absolute Gasteiger partial charge is 0.264 e. The molecule has 2 aromatic heterocycles. The Labute approximate surface area is 122 Å². The Morgan fingerprint density at radius 2 is 2.22 bits per heavy atom. The predicted octanol–water partition coefficient (Wildman–Crippen LogP) is 3.73. The number of rotatable bonds is 3. The molecule has 0 bridgehead atoms. The highest BCUT2D eigenvalue weighted by Gasteiger charge is 2.16. The van der Waals surface area contributed by atoms with E-state index in [-0.39, 0.29) is 5.91 Å². The third-order valence-electron chi connectivity index (χ3n) is 2.53. The summed E-state index contributed by atoms with van der Waals surface area (Å²) in [6, 6.07) is 3.78. The van der Waals surface area contributed by atoms with E-state index in [2.05, 4.69) is 15.9 Å². The summed E-state index contributed by atoms with van der Waals surface area (Å²) >= 11 is 6.49. The molecule has 0 aromatic carbocycles. The minimum atomic E-state index is 0.0179. The van der Waals surface area contributed by atoms with Crippen molar-refractivity contribution in [3.63, 3.8) is 0 Å². The van der Waals surface area contributed by atoms with Gasteiger partial charge in [-0.05, 0) is 35.0 Å². The second-order valence-corrected chi connectivity index (χ2v) is 7.18. The first-order valence-corrected chi connectivity index (χ1v) is 7.80. The number of carbonyl (C=O) groups is 1. The first-order valence-electron chi connectivity index (χ1n) is 5.31. The maximum Gasteiger partial charge on any atom is 0.264 e. The average molecular weight is 345 g/mol. The lowest BCUT2D eigenvalue weighted by Gasteiger charge is -2.14. The molecule has 0 unspecified atom stereocenters. The predicted molar refractivity (Wildman–Crippen MR) is 81.3 cm³/mol. The van der Waals surface area contributed by atoms with Crippen molar-refractivity contribution in [3.8, 4) is 0 Å². The van der Waals surface area contributed by atoms with Crippen molar-refractivity contribution in [2.24, 2.45) is 0 Å². The van der Waals surface area contributed by atoms with Crippen LogP contribution in [0.4, 0.5) is 5.69 Å².